The Hall–Kier alpha value is -3.04. The van der Waals surface area contributed by atoms with Crippen molar-refractivity contribution in [2.45, 2.75) is 5.60 Å². The van der Waals surface area contributed by atoms with Gasteiger partial charge in [0.15, 0.2) is 0 Å². The smallest absolute Gasteiger partial charge is 0.256 e. The number of nitrogens with one attached hydrogen (secondary N) is 1. The van der Waals surface area contributed by atoms with E-state index in [4.69, 9.17) is 5.73 Å². The summed E-state index contributed by atoms with van der Waals surface area (Å²) in [7, 11) is 0. The van der Waals surface area contributed by atoms with E-state index in [1.807, 2.05) is 0 Å². The molecule has 1 amide bonds. The van der Waals surface area contributed by atoms with Crippen molar-refractivity contribution in [2.75, 3.05) is 18.4 Å². The van der Waals surface area contributed by atoms with Gasteiger partial charge in [-0.05, 0) is 36.4 Å². The van der Waals surface area contributed by atoms with E-state index in [9.17, 15) is 14.3 Å². The fourth-order valence-electron chi connectivity index (χ4n) is 3.15. The topological polar surface area (TPSA) is 104 Å². The van der Waals surface area contributed by atoms with Crippen molar-refractivity contribution < 1.29 is 14.3 Å². The highest BCUT2D eigenvalue weighted by Crippen LogP contribution is 2.32. The average Bonchev–Trinajstić information content (AvgIpc) is 2.66. The van der Waals surface area contributed by atoms with E-state index in [-0.39, 0.29) is 30.4 Å². The number of rotatable bonds is 4. The molecule has 4 N–H and O–H groups in total. The van der Waals surface area contributed by atoms with E-state index in [1.165, 1.54) is 17.2 Å². The molecule has 1 aliphatic heterocycles. The van der Waals surface area contributed by atoms with Crippen molar-refractivity contribution in [2.24, 2.45) is 5.73 Å². The molecule has 1 saturated heterocycles. The molecule has 1 aromatic heterocycles. The Balaban J connectivity index is 1.73. The van der Waals surface area contributed by atoms with E-state index < -0.39 is 11.4 Å². The highest BCUT2D eigenvalue weighted by molar-refractivity contribution is 9.10. The van der Waals surface area contributed by atoms with Crippen LogP contribution >= 0.6 is 15.9 Å². The number of hydrogen-bond donors (Lipinski definition) is 3. The van der Waals surface area contributed by atoms with Gasteiger partial charge < -0.3 is 21.1 Å². The molecule has 29 heavy (non-hydrogen) atoms. The molecule has 7 nitrogen and oxygen atoms in total. The van der Waals surface area contributed by atoms with Crippen molar-refractivity contribution in [3.8, 4) is 0 Å². The largest absolute Gasteiger partial charge is 0.400 e. The molecular weight excluding hydrogens is 441 g/mol. The van der Waals surface area contributed by atoms with Crippen LogP contribution in [0.15, 0.2) is 59.3 Å². The highest BCUT2D eigenvalue weighted by atomic mass is 79.9. The molecule has 0 atom stereocenters. The summed E-state index contributed by atoms with van der Waals surface area (Å²) in [5, 5.41) is 21.9. The summed E-state index contributed by atoms with van der Waals surface area (Å²) >= 11 is 3.22. The number of likely N-dealkylation sites (tertiary alicyclic amines) is 1. The SMILES string of the molecule is C=C(N)C1(O)CN(C(=O)c2cc3ccnnc3cc2Nc2ccc(Br)cc2F)C1. The third-order valence-corrected chi connectivity index (χ3v) is 5.37. The van der Waals surface area contributed by atoms with Crippen molar-refractivity contribution in [3.05, 3.63) is 70.7 Å². The average molecular weight is 458 g/mol. The van der Waals surface area contributed by atoms with E-state index in [0.29, 0.717) is 26.6 Å². The van der Waals surface area contributed by atoms with Gasteiger partial charge in [-0.1, -0.05) is 22.5 Å². The van der Waals surface area contributed by atoms with Gasteiger partial charge in [-0.15, -0.1) is 0 Å². The number of carbonyl (C=O) groups excluding carboxylic acids is 1. The van der Waals surface area contributed by atoms with E-state index in [0.717, 1.165) is 0 Å². The summed E-state index contributed by atoms with van der Waals surface area (Å²) < 4.78 is 14.9. The molecule has 9 heteroatoms. The number of hydrogen-bond acceptors (Lipinski definition) is 6. The van der Waals surface area contributed by atoms with E-state index in [2.05, 4.69) is 38.0 Å². The summed E-state index contributed by atoms with van der Waals surface area (Å²) in [6.07, 6.45) is 1.53. The van der Waals surface area contributed by atoms with Gasteiger partial charge in [-0.3, -0.25) is 4.79 Å². The molecular formula is C20H17BrFN5O2. The van der Waals surface area contributed by atoms with Gasteiger partial charge in [-0.2, -0.15) is 10.2 Å². The first-order chi connectivity index (χ1) is 13.8. The normalized spacial score (nSPS) is 15.1. The van der Waals surface area contributed by atoms with Crippen LogP contribution in [0.2, 0.25) is 0 Å². The number of nitrogens with zero attached hydrogens (tertiary/aromatic N) is 3. The van der Waals surface area contributed by atoms with Gasteiger partial charge in [0.05, 0.1) is 41.7 Å². The Labute approximate surface area is 174 Å². The third kappa shape index (κ3) is 3.54. The lowest BCUT2D eigenvalue weighted by Crippen LogP contribution is -2.65. The van der Waals surface area contributed by atoms with Crippen molar-refractivity contribution in [1.29, 1.82) is 0 Å². The second kappa shape index (κ2) is 7.09. The molecule has 0 bridgehead atoms. The number of fused-ring (bicyclic) bond motifs is 1. The van der Waals surface area contributed by atoms with Crippen LogP contribution in [0.25, 0.3) is 10.9 Å². The molecule has 1 fully saturated rings. The number of carbonyl (C=O) groups is 1. The maximum atomic E-state index is 14.3. The monoisotopic (exact) mass is 457 g/mol. The second-order valence-electron chi connectivity index (χ2n) is 6.96. The third-order valence-electron chi connectivity index (χ3n) is 4.87. The standard InChI is InChI=1S/C20H17BrFN5O2/c1-11(23)20(29)9-27(10-20)19(28)14-6-12-4-5-24-26-17(12)8-18(14)25-16-3-2-13(21)7-15(16)22/h2-8,25,29H,1,9-10,23H2. The fraction of sp³-hybridized carbons (Fsp3) is 0.150. The Morgan fingerprint density at radius 2 is 2.03 bits per heavy atom. The van der Waals surface area contributed by atoms with Crippen molar-refractivity contribution in [1.82, 2.24) is 15.1 Å². The Bertz CT molecular complexity index is 1150. The first-order valence-electron chi connectivity index (χ1n) is 8.71. The van der Waals surface area contributed by atoms with Gasteiger partial charge >= 0.3 is 0 Å². The molecule has 3 aromatic rings. The summed E-state index contributed by atoms with van der Waals surface area (Å²) in [4.78, 5) is 14.6. The number of benzene rings is 2. The van der Waals surface area contributed by atoms with Crippen LogP contribution in [0.4, 0.5) is 15.8 Å². The molecule has 148 valence electrons. The number of anilines is 2. The van der Waals surface area contributed by atoms with Crippen LogP contribution in [0, 0.1) is 5.82 Å². The highest BCUT2D eigenvalue weighted by Gasteiger charge is 2.45. The van der Waals surface area contributed by atoms with Crippen LogP contribution < -0.4 is 11.1 Å². The first kappa shape index (κ1) is 19.3. The zero-order chi connectivity index (χ0) is 20.8. The van der Waals surface area contributed by atoms with Crippen LogP contribution in [0.3, 0.4) is 0 Å². The number of nitrogens with two attached hydrogens (primary N) is 1. The molecule has 0 unspecified atom stereocenters. The van der Waals surface area contributed by atoms with Gasteiger partial charge in [0.25, 0.3) is 5.91 Å². The summed E-state index contributed by atoms with van der Waals surface area (Å²) in [5.41, 5.74) is 5.90. The van der Waals surface area contributed by atoms with Crippen LogP contribution in [0.1, 0.15) is 10.4 Å². The van der Waals surface area contributed by atoms with Crippen LogP contribution in [-0.2, 0) is 0 Å². The maximum Gasteiger partial charge on any atom is 0.256 e. The second-order valence-corrected chi connectivity index (χ2v) is 7.87. The Kier molecular flexibility index (Phi) is 4.71. The molecule has 2 heterocycles. The predicted octanol–water partition coefficient (Wildman–Crippen LogP) is 2.93. The summed E-state index contributed by atoms with van der Waals surface area (Å²) in [6.45, 7) is 3.65. The number of aliphatic hydroxyl groups is 1. The molecule has 0 aliphatic carbocycles. The number of amides is 1. The lowest BCUT2D eigenvalue weighted by molar-refractivity contribution is -0.0543. The Morgan fingerprint density at radius 3 is 2.72 bits per heavy atom. The number of aromatic nitrogens is 2. The first-order valence-corrected chi connectivity index (χ1v) is 9.50. The van der Waals surface area contributed by atoms with Gasteiger partial charge in [0, 0.05) is 15.6 Å². The molecule has 4 rings (SSSR count). The zero-order valence-electron chi connectivity index (χ0n) is 15.2. The number of β-amino-alcohol motifs (C(OH)–C–C–N with tert-alkyl or cyclic N) is 1. The maximum absolute atomic E-state index is 14.3. The lowest BCUT2D eigenvalue weighted by atomic mass is 9.90. The van der Waals surface area contributed by atoms with Crippen LogP contribution in [-0.4, -0.2) is 44.8 Å². The van der Waals surface area contributed by atoms with E-state index in [1.54, 1.807) is 30.3 Å². The minimum atomic E-state index is -1.29. The number of halogens is 2. The summed E-state index contributed by atoms with van der Waals surface area (Å²) in [6, 6.07) is 9.63. The predicted molar refractivity (Wildman–Crippen MR) is 111 cm³/mol. The molecule has 1 aliphatic rings. The summed E-state index contributed by atoms with van der Waals surface area (Å²) in [5.74, 6) is -0.801. The zero-order valence-corrected chi connectivity index (χ0v) is 16.8. The molecule has 0 saturated carbocycles. The van der Waals surface area contributed by atoms with Crippen molar-refractivity contribution in [3.63, 3.8) is 0 Å². The molecule has 2 aromatic carbocycles. The minimum absolute atomic E-state index is 0.0416. The van der Waals surface area contributed by atoms with E-state index >= 15 is 0 Å². The molecule has 0 radical (unpaired) electrons. The Morgan fingerprint density at radius 1 is 1.28 bits per heavy atom. The quantitative estimate of drug-likeness (QED) is 0.556. The van der Waals surface area contributed by atoms with Gasteiger partial charge in [-0.25, -0.2) is 4.39 Å². The molecule has 0 spiro atoms. The van der Waals surface area contributed by atoms with Crippen LogP contribution in [0.5, 0.6) is 0 Å². The lowest BCUT2D eigenvalue weighted by Gasteiger charge is -2.46. The van der Waals surface area contributed by atoms with Gasteiger partial charge in [0.1, 0.15) is 11.4 Å². The minimum Gasteiger partial charge on any atom is -0.400 e. The van der Waals surface area contributed by atoms with Crippen molar-refractivity contribution >= 4 is 44.1 Å². The van der Waals surface area contributed by atoms with Gasteiger partial charge in [0.2, 0.25) is 0 Å². The fourth-order valence-corrected chi connectivity index (χ4v) is 3.49.